The Morgan fingerprint density at radius 1 is 0.933 bits per heavy atom. The zero-order valence-electron chi connectivity index (χ0n) is 16.0. The summed E-state index contributed by atoms with van der Waals surface area (Å²) in [6.45, 7) is 0. The minimum Gasteiger partial charge on any atom is -0.326 e. The van der Waals surface area contributed by atoms with Crippen molar-refractivity contribution in [3.05, 3.63) is 96.3 Å². The van der Waals surface area contributed by atoms with Crippen LogP contribution in [0.1, 0.15) is 5.69 Å². The van der Waals surface area contributed by atoms with Crippen LogP contribution in [0, 0.1) is 0 Å². The molecule has 30 heavy (non-hydrogen) atoms. The Morgan fingerprint density at radius 3 is 2.53 bits per heavy atom. The average molecular weight is 411 g/mol. The largest absolute Gasteiger partial charge is 0.326 e. The van der Waals surface area contributed by atoms with Crippen LogP contribution in [0.2, 0.25) is 0 Å². The van der Waals surface area contributed by atoms with Crippen molar-refractivity contribution < 1.29 is 4.79 Å². The minimum absolute atomic E-state index is 0.0826. The zero-order chi connectivity index (χ0) is 20.3. The number of carbonyl (C=O) groups excluding carboxylic acids is 1. The Balaban J connectivity index is 1.26. The highest BCUT2D eigenvalue weighted by atomic mass is 32.1. The molecule has 5 aromatic rings. The number of imidazole rings is 1. The van der Waals surface area contributed by atoms with Crippen LogP contribution in [0.4, 0.5) is 5.69 Å². The minimum atomic E-state index is -0.0826. The molecule has 2 heterocycles. The van der Waals surface area contributed by atoms with Gasteiger partial charge in [0.2, 0.25) is 5.91 Å². The number of rotatable bonds is 5. The van der Waals surface area contributed by atoms with Crippen molar-refractivity contribution >= 4 is 34.0 Å². The molecule has 0 spiro atoms. The van der Waals surface area contributed by atoms with Gasteiger partial charge < -0.3 is 5.32 Å². The molecule has 0 aliphatic heterocycles. The SMILES string of the molecule is O=C(Cc1csc(-c2ccccc2)n1)Nc1ccc(-n2cnc3ccccc32)cc1. The maximum atomic E-state index is 12.5. The number of fused-ring (bicyclic) bond motifs is 1. The van der Waals surface area contributed by atoms with Crippen molar-refractivity contribution in [1.29, 1.82) is 0 Å². The van der Waals surface area contributed by atoms with Gasteiger partial charge in [0.1, 0.15) is 11.3 Å². The highest BCUT2D eigenvalue weighted by Crippen LogP contribution is 2.24. The molecule has 0 fully saturated rings. The smallest absolute Gasteiger partial charge is 0.230 e. The predicted octanol–water partition coefficient (Wildman–Crippen LogP) is 5.33. The van der Waals surface area contributed by atoms with E-state index < -0.39 is 0 Å². The third-order valence-corrected chi connectivity index (χ3v) is 5.74. The van der Waals surface area contributed by atoms with E-state index in [9.17, 15) is 4.79 Å². The number of aromatic nitrogens is 3. The van der Waals surface area contributed by atoms with Crippen LogP contribution in [-0.4, -0.2) is 20.4 Å². The van der Waals surface area contributed by atoms with E-state index in [1.54, 1.807) is 11.3 Å². The van der Waals surface area contributed by atoms with Crippen LogP contribution in [-0.2, 0) is 11.2 Å². The summed E-state index contributed by atoms with van der Waals surface area (Å²) in [5.74, 6) is -0.0826. The van der Waals surface area contributed by atoms with Crippen molar-refractivity contribution in [2.75, 3.05) is 5.32 Å². The number of para-hydroxylation sites is 2. The molecular weight excluding hydrogens is 392 g/mol. The molecule has 6 heteroatoms. The third-order valence-electron chi connectivity index (χ3n) is 4.80. The van der Waals surface area contributed by atoms with Crippen LogP contribution in [0.3, 0.4) is 0 Å². The molecule has 5 rings (SSSR count). The Labute approximate surface area is 177 Å². The van der Waals surface area contributed by atoms with Gasteiger partial charge in [0.05, 0.1) is 23.1 Å². The van der Waals surface area contributed by atoms with Crippen molar-refractivity contribution in [2.45, 2.75) is 6.42 Å². The second-order valence-corrected chi connectivity index (χ2v) is 7.74. The van der Waals surface area contributed by atoms with Crippen molar-refractivity contribution in [2.24, 2.45) is 0 Å². The fraction of sp³-hybridized carbons (Fsp3) is 0.0417. The standard InChI is InChI=1S/C24H18N4OS/c29-23(14-19-15-30-24(27-19)17-6-2-1-3-7-17)26-18-10-12-20(13-11-18)28-16-25-21-8-4-5-9-22(21)28/h1-13,15-16H,14H2,(H,26,29). The number of carbonyl (C=O) groups is 1. The Kier molecular flexibility index (Phi) is 4.83. The molecule has 146 valence electrons. The topological polar surface area (TPSA) is 59.8 Å². The fourth-order valence-corrected chi connectivity index (χ4v) is 4.17. The lowest BCUT2D eigenvalue weighted by atomic mass is 10.2. The average Bonchev–Trinajstić information content (AvgIpc) is 3.42. The number of anilines is 1. The van der Waals surface area contributed by atoms with Crippen molar-refractivity contribution in [3.8, 4) is 16.3 Å². The van der Waals surface area contributed by atoms with E-state index in [1.165, 1.54) is 0 Å². The molecule has 0 saturated heterocycles. The molecule has 0 aliphatic rings. The summed E-state index contributed by atoms with van der Waals surface area (Å²) >= 11 is 1.55. The number of hydrogen-bond donors (Lipinski definition) is 1. The second-order valence-electron chi connectivity index (χ2n) is 6.89. The third kappa shape index (κ3) is 3.73. The summed E-state index contributed by atoms with van der Waals surface area (Å²) in [6.07, 6.45) is 2.06. The number of amides is 1. The lowest BCUT2D eigenvalue weighted by molar-refractivity contribution is -0.115. The first-order valence-electron chi connectivity index (χ1n) is 9.58. The highest BCUT2D eigenvalue weighted by molar-refractivity contribution is 7.13. The molecule has 2 aromatic heterocycles. The van der Waals surface area contributed by atoms with Crippen LogP contribution >= 0.6 is 11.3 Å². The lowest BCUT2D eigenvalue weighted by Crippen LogP contribution is -2.14. The zero-order valence-corrected chi connectivity index (χ0v) is 16.8. The summed E-state index contributed by atoms with van der Waals surface area (Å²) in [7, 11) is 0. The number of nitrogens with one attached hydrogen (secondary N) is 1. The highest BCUT2D eigenvalue weighted by Gasteiger charge is 2.10. The molecule has 5 nitrogen and oxygen atoms in total. The Bertz CT molecular complexity index is 1310. The first-order valence-corrected chi connectivity index (χ1v) is 10.5. The second kappa shape index (κ2) is 7.93. The summed E-state index contributed by atoms with van der Waals surface area (Å²) in [5.41, 5.74) is 5.59. The number of thiazole rings is 1. The number of benzene rings is 3. The summed E-state index contributed by atoms with van der Waals surface area (Å²) < 4.78 is 2.03. The molecule has 3 aromatic carbocycles. The van der Waals surface area contributed by atoms with Gasteiger partial charge in [-0.1, -0.05) is 42.5 Å². The number of hydrogen-bond acceptors (Lipinski definition) is 4. The predicted molar refractivity (Wildman–Crippen MR) is 121 cm³/mol. The van der Waals surface area contributed by atoms with Crippen LogP contribution in [0.15, 0.2) is 90.6 Å². The molecule has 0 saturated carbocycles. The van der Waals surface area contributed by atoms with Gasteiger partial charge in [-0.15, -0.1) is 11.3 Å². The van der Waals surface area contributed by atoms with Gasteiger partial charge in [-0.2, -0.15) is 0 Å². The van der Waals surface area contributed by atoms with Crippen LogP contribution in [0.25, 0.3) is 27.3 Å². The molecule has 0 atom stereocenters. The molecule has 0 radical (unpaired) electrons. The lowest BCUT2D eigenvalue weighted by Gasteiger charge is -2.07. The van der Waals surface area contributed by atoms with Gasteiger partial charge in [-0.3, -0.25) is 9.36 Å². The Hall–Kier alpha value is -3.77. The maximum absolute atomic E-state index is 12.5. The van der Waals surface area contributed by atoms with Crippen molar-refractivity contribution in [1.82, 2.24) is 14.5 Å². The van der Waals surface area contributed by atoms with Gasteiger partial charge >= 0.3 is 0 Å². The molecule has 1 N–H and O–H groups in total. The summed E-state index contributed by atoms with van der Waals surface area (Å²) in [4.78, 5) is 21.5. The van der Waals surface area contributed by atoms with Crippen LogP contribution < -0.4 is 5.32 Å². The molecular formula is C24H18N4OS. The van der Waals surface area contributed by atoms with Crippen molar-refractivity contribution in [3.63, 3.8) is 0 Å². The van der Waals surface area contributed by atoms with E-state index in [0.717, 1.165) is 38.7 Å². The fourth-order valence-electron chi connectivity index (χ4n) is 3.34. The molecule has 0 bridgehead atoms. The summed E-state index contributed by atoms with van der Waals surface area (Å²) in [6, 6.07) is 25.7. The van der Waals surface area contributed by atoms with Gasteiger partial charge in [0.25, 0.3) is 0 Å². The van der Waals surface area contributed by atoms with Crippen LogP contribution in [0.5, 0.6) is 0 Å². The Morgan fingerprint density at radius 2 is 1.70 bits per heavy atom. The normalized spacial score (nSPS) is 10.9. The monoisotopic (exact) mass is 410 g/mol. The molecule has 0 unspecified atom stereocenters. The van der Waals surface area contributed by atoms with Gasteiger partial charge in [0.15, 0.2) is 0 Å². The van der Waals surface area contributed by atoms with Gasteiger partial charge in [-0.05, 0) is 36.4 Å². The molecule has 1 amide bonds. The van der Waals surface area contributed by atoms with Gasteiger partial charge in [0, 0.05) is 22.3 Å². The first-order chi connectivity index (χ1) is 14.8. The van der Waals surface area contributed by atoms with E-state index in [4.69, 9.17) is 0 Å². The molecule has 0 aliphatic carbocycles. The van der Waals surface area contributed by atoms with E-state index in [1.807, 2.05) is 95.1 Å². The van der Waals surface area contributed by atoms with E-state index in [0.29, 0.717) is 0 Å². The van der Waals surface area contributed by atoms with E-state index >= 15 is 0 Å². The quantitative estimate of drug-likeness (QED) is 0.426. The summed E-state index contributed by atoms with van der Waals surface area (Å²) in [5, 5.41) is 5.82. The first kappa shape index (κ1) is 18.3. The maximum Gasteiger partial charge on any atom is 0.230 e. The number of nitrogens with zero attached hydrogens (tertiary/aromatic N) is 3. The van der Waals surface area contributed by atoms with E-state index in [-0.39, 0.29) is 12.3 Å². The van der Waals surface area contributed by atoms with E-state index in [2.05, 4.69) is 15.3 Å². The van der Waals surface area contributed by atoms with Gasteiger partial charge in [-0.25, -0.2) is 9.97 Å².